The second kappa shape index (κ2) is 7.44. The number of hydrogen-bond donors (Lipinski definition) is 1. The van der Waals surface area contributed by atoms with E-state index in [9.17, 15) is 26.4 Å². The second-order valence-corrected chi connectivity index (χ2v) is 7.35. The number of nitrogens with one attached hydrogen (secondary N) is 1. The molecule has 1 aromatic rings. The molecule has 25 heavy (non-hydrogen) atoms. The molecule has 138 valence electrons. The molecule has 1 aromatic carbocycles. The number of sulfonamides is 1. The van der Waals surface area contributed by atoms with Gasteiger partial charge in [0, 0.05) is 24.2 Å². The highest BCUT2D eigenvalue weighted by Gasteiger charge is 2.32. The number of carbonyl (C=O) groups is 1. The van der Waals surface area contributed by atoms with E-state index in [0.29, 0.717) is 25.1 Å². The van der Waals surface area contributed by atoms with E-state index in [0.717, 1.165) is 17.5 Å². The number of carbonyl (C=O) groups excluding carboxylic acids is 1. The molecule has 0 unspecified atom stereocenters. The molecule has 1 aliphatic heterocycles. The van der Waals surface area contributed by atoms with Gasteiger partial charge in [-0.2, -0.15) is 4.31 Å². The molecule has 1 N–H and O–H groups in total. The third-order valence-corrected chi connectivity index (χ3v) is 5.15. The molecule has 1 amide bonds. The van der Waals surface area contributed by atoms with Gasteiger partial charge in [0.15, 0.2) is 0 Å². The summed E-state index contributed by atoms with van der Waals surface area (Å²) in [7, 11) is -3.59. The van der Waals surface area contributed by atoms with Crippen molar-refractivity contribution in [3.05, 3.63) is 36.3 Å². The summed E-state index contributed by atoms with van der Waals surface area (Å²) in [5, 5.41) is 3.41. The van der Waals surface area contributed by atoms with Crippen molar-refractivity contribution < 1.29 is 31.1 Å². The first-order valence-corrected chi connectivity index (χ1v) is 8.90. The molecule has 0 bridgehead atoms. The fourth-order valence-corrected chi connectivity index (χ4v) is 3.46. The molecule has 1 saturated heterocycles. The zero-order valence-corrected chi connectivity index (χ0v) is 13.9. The molecule has 0 aromatic heterocycles. The lowest BCUT2D eigenvalue weighted by atomic mass is 9.99. The van der Waals surface area contributed by atoms with E-state index in [2.05, 4.69) is 16.6 Å². The topological polar surface area (TPSA) is 75.7 Å². The highest BCUT2D eigenvalue weighted by Crippen LogP contribution is 2.25. The molecule has 0 radical (unpaired) electrons. The molecule has 1 fully saturated rings. The largest absolute Gasteiger partial charge is 0.573 e. The van der Waals surface area contributed by atoms with Crippen molar-refractivity contribution in [3.63, 3.8) is 0 Å². The first-order chi connectivity index (χ1) is 11.6. The van der Waals surface area contributed by atoms with Crippen molar-refractivity contribution in [2.75, 3.05) is 18.4 Å². The van der Waals surface area contributed by atoms with Crippen LogP contribution in [0, 0.1) is 5.92 Å². The van der Waals surface area contributed by atoms with Crippen molar-refractivity contribution in [3.8, 4) is 5.75 Å². The smallest absolute Gasteiger partial charge is 0.406 e. The number of halogens is 3. The zero-order valence-electron chi connectivity index (χ0n) is 13.1. The Kier molecular flexibility index (Phi) is 5.73. The van der Waals surface area contributed by atoms with Crippen LogP contribution >= 0.6 is 0 Å². The molecular weight excluding hydrogens is 361 g/mol. The Morgan fingerprint density at radius 1 is 1.32 bits per heavy atom. The first-order valence-electron chi connectivity index (χ1n) is 7.40. The average molecular weight is 378 g/mol. The van der Waals surface area contributed by atoms with Gasteiger partial charge in [-0.15, -0.1) is 13.2 Å². The number of alkyl halides is 3. The Bertz CT molecular complexity index is 732. The average Bonchev–Trinajstić information content (AvgIpc) is 2.55. The van der Waals surface area contributed by atoms with E-state index in [1.54, 1.807) is 0 Å². The number of piperidine rings is 1. The molecular formula is C15H17F3N2O4S. The van der Waals surface area contributed by atoms with E-state index in [4.69, 9.17) is 0 Å². The number of ether oxygens (including phenoxy) is 1. The van der Waals surface area contributed by atoms with Crippen LogP contribution in [0.3, 0.4) is 0 Å². The van der Waals surface area contributed by atoms with Crippen LogP contribution in [-0.2, 0) is 14.8 Å². The molecule has 6 nitrogen and oxygen atoms in total. The Balaban J connectivity index is 1.98. The monoisotopic (exact) mass is 378 g/mol. The minimum Gasteiger partial charge on any atom is -0.406 e. The van der Waals surface area contributed by atoms with Crippen molar-refractivity contribution in [2.45, 2.75) is 19.2 Å². The molecule has 2 rings (SSSR count). The Hall–Kier alpha value is -2.07. The molecule has 0 aliphatic carbocycles. The molecule has 1 aliphatic rings. The van der Waals surface area contributed by atoms with E-state index in [-0.39, 0.29) is 6.54 Å². The molecule has 10 heteroatoms. The Labute approximate surface area is 143 Å². The van der Waals surface area contributed by atoms with Gasteiger partial charge in [-0.25, -0.2) is 8.42 Å². The number of hydrogen-bond acceptors (Lipinski definition) is 4. The number of benzene rings is 1. The van der Waals surface area contributed by atoms with Crippen LogP contribution in [0.15, 0.2) is 36.3 Å². The maximum atomic E-state index is 12.3. The van der Waals surface area contributed by atoms with Gasteiger partial charge < -0.3 is 10.1 Å². The second-order valence-electron chi connectivity index (χ2n) is 5.47. The maximum absolute atomic E-state index is 12.3. The number of rotatable bonds is 5. The third kappa shape index (κ3) is 5.46. The highest BCUT2D eigenvalue weighted by molar-refractivity contribution is 7.92. The highest BCUT2D eigenvalue weighted by atomic mass is 32.2. The van der Waals surface area contributed by atoms with Crippen LogP contribution in [0.5, 0.6) is 5.75 Å². The summed E-state index contributed by atoms with van der Waals surface area (Å²) in [6, 6.07) is 4.72. The van der Waals surface area contributed by atoms with Crippen LogP contribution < -0.4 is 10.1 Å². The van der Waals surface area contributed by atoms with Gasteiger partial charge in [0.1, 0.15) is 5.75 Å². The number of anilines is 1. The predicted octanol–water partition coefficient (Wildman–Crippen LogP) is 2.71. The molecule has 1 heterocycles. The lowest BCUT2D eigenvalue weighted by Crippen LogP contribution is -2.42. The van der Waals surface area contributed by atoms with E-state index >= 15 is 0 Å². The van der Waals surface area contributed by atoms with Crippen molar-refractivity contribution in [1.29, 1.82) is 0 Å². The van der Waals surface area contributed by atoms with Gasteiger partial charge in [-0.05, 0) is 37.1 Å². The summed E-state index contributed by atoms with van der Waals surface area (Å²) >= 11 is 0. The minimum absolute atomic E-state index is 0.0372. The van der Waals surface area contributed by atoms with Crippen LogP contribution in [0.1, 0.15) is 12.8 Å². The Morgan fingerprint density at radius 2 is 1.96 bits per heavy atom. The van der Waals surface area contributed by atoms with Crippen LogP contribution in [-0.4, -0.2) is 38.1 Å². The van der Waals surface area contributed by atoms with Crippen LogP contribution in [0.2, 0.25) is 0 Å². The zero-order chi connectivity index (χ0) is 18.7. The molecule has 1 atom stereocenters. The summed E-state index contributed by atoms with van der Waals surface area (Å²) in [6.45, 7) is 3.61. The van der Waals surface area contributed by atoms with Gasteiger partial charge in [-0.1, -0.05) is 6.58 Å². The standard InChI is InChI=1S/C15H17F3N2O4S/c1-2-25(22,23)20-9-3-4-11(10-20)14(21)19-12-5-7-13(8-6-12)24-15(16,17)18/h2,5-8,11H,1,3-4,9-10H2,(H,19,21)/t11-/m1/s1. The Morgan fingerprint density at radius 3 is 2.52 bits per heavy atom. The van der Waals surface area contributed by atoms with E-state index in [1.165, 1.54) is 16.4 Å². The van der Waals surface area contributed by atoms with Gasteiger partial charge in [-0.3, -0.25) is 4.79 Å². The lowest BCUT2D eigenvalue weighted by molar-refractivity contribution is -0.274. The number of nitrogens with zero attached hydrogens (tertiary/aromatic N) is 1. The third-order valence-electron chi connectivity index (χ3n) is 3.68. The summed E-state index contributed by atoms with van der Waals surface area (Å²) < 4.78 is 64.9. The van der Waals surface area contributed by atoms with E-state index in [1.807, 2.05) is 0 Å². The summed E-state index contributed by atoms with van der Waals surface area (Å²) in [5.74, 6) is -1.34. The van der Waals surface area contributed by atoms with E-state index < -0.39 is 34.0 Å². The fraction of sp³-hybridized carbons (Fsp3) is 0.400. The van der Waals surface area contributed by atoms with Gasteiger partial charge in [0.25, 0.3) is 0 Å². The van der Waals surface area contributed by atoms with Crippen molar-refractivity contribution >= 4 is 21.6 Å². The number of amides is 1. The van der Waals surface area contributed by atoms with Crippen molar-refractivity contribution in [1.82, 2.24) is 4.31 Å². The van der Waals surface area contributed by atoms with Gasteiger partial charge in [0.2, 0.25) is 15.9 Å². The summed E-state index contributed by atoms with van der Waals surface area (Å²) in [6.07, 6.45) is -3.74. The fourth-order valence-electron chi connectivity index (χ4n) is 2.48. The van der Waals surface area contributed by atoms with Gasteiger partial charge in [0.05, 0.1) is 5.92 Å². The normalized spacial score (nSPS) is 19.2. The van der Waals surface area contributed by atoms with Gasteiger partial charge >= 0.3 is 6.36 Å². The van der Waals surface area contributed by atoms with Crippen molar-refractivity contribution in [2.24, 2.45) is 5.92 Å². The molecule has 0 spiro atoms. The SMILES string of the molecule is C=CS(=O)(=O)N1CCC[C@@H](C(=O)Nc2ccc(OC(F)(F)F)cc2)C1. The van der Waals surface area contributed by atoms with Crippen LogP contribution in [0.25, 0.3) is 0 Å². The maximum Gasteiger partial charge on any atom is 0.573 e. The summed E-state index contributed by atoms with van der Waals surface area (Å²) in [4.78, 5) is 12.3. The predicted molar refractivity (Wildman–Crippen MR) is 85.2 cm³/mol. The molecule has 0 saturated carbocycles. The summed E-state index contributed by atoms with van der Waals surface area (Å²) in [5.41, 5.74) is 0.295. The van der Waals surface area contributed by atoms with Crippen LogP contribution in [0.4, 0.5) is 18.9 Å². The lowest BCUT2D eigenvalue weighted by Gasteiger charge is -2.30. The quantitative estimate of drug-likeness (QED) is 0.855. The first kappa shape index (κ1) is 19.3. The minimum atomic E-state index is -4.78.